The Morgan fingerprint density at radius 2 is 1.08 bits per heavy atom. The van der Waals surface area contributed by atoms with Gasteiger partial charge in [-0.05, 0) is 55.2 Å². The quantitative estimate of drug-likeness (QED) is 0.0771. The van der Waals surface area contributed by atoms with E-state index in [1.165, 1.54) is 18.9 Å². The SMILES string of the molecule is C1CCOC1.CCO.Nc1ccc(CO)c(C(F)(F)F)c1.O=C(O)c1ccc([N+](=O)[O-])cc1C(F)(F)F.O=[N+]([O-])c1ccc(CO)c(C(F)(F)F)c1. The molecule has 22 heteroatoms. The minimum absolute atomic E-state index is 0.0320. The highest BCUT2D eigenvalue weighted by atomic mass is 19.4. The number of carboxylic acids is 1. The van der Waals surface area contributed by atoms with Crippen LogP contribution in [0, 0.1) is 20.2 Å². The zero-order valence-corrected chi connectivity index (χ0v) is 26.8. The summed E-state index contributed by atoms with van der Waals surface area (Å²) >= 11 is 0. The van der Waals surface area contributed by atoms with Crippen molar-refractivity contribution in [2.45, 2.75) is 51.5 Å². The molecule has 0 unspecified atom stereocenters. The minimum Gasteiger partial charge on any atom is -0.478 e. The van der Waals surface area contributed by atoms with Crippen LogP contribution in [-0.4, -0.2) is 56.1 Å². The van der Waals surface area contributed by atoms with Gasteiger partial charge in [0, 0.05) is 49.8 Å². The number of halogens is 9. The summed E-state index contributed by atoms with van der Waals surface area (Å²) in [4.78, 5) is 29.0. The van der Waals surface area contributed by atoms with Crippen molar-refractivity contribution in [1.29, 1.82) is 0 Å². The number of ether oxygens (including phenoxy) is 1. The van der Waals surface area contributed by atoms with Crippen molar-refractivity contribution < 1.29 is 79.3 Å². The van der Waals surface area contributed by atoms with Crippen molar-refractivity contribution in [2.75, 3.05) is 25.6 Å². The van der Waals surface area contributed by atoms with Gasteiger partial charge in [0.2, 0.25) is 0 Å². The zero-order valence-electron chi connectivity index (χ0n) is 26.8. The molecule has 52 heavy (non-hydrogen) atoms. The van der Waals surface area contributed by atoms with E-state index in [-0.39, 0.29) is 29.5 Å². The topological polar surface area (TPSA) is 220 Å². The van der Waals surface area contributed by atoms with E-state index >= 15 is 0 Å². The number of nitrogen functional groups attached to an aromatic ring is 1. The van der Waals surface area contributed by atoms with Gasteiger partial charge in [-0.1, -0.05) is 6.07 Å². The second-order valence-corrected chi connectivity index (χ2v) is 9.75. The lowest BCUT2D eigenvalue weighted by Crippen LogP contribution is -2.13. The van der Waals surface area contributed by atoms with E-state index in [9.17, 15) is 64.5 Å². The predicted octanol–water partition coefficient (Wildman–Crippen LogP) is 6.99. The third-order valence-electron chi connectivity index (χ3n) is 5.97. The fraction of sp³-hybridized carbons (Fsp3) is 0.367. The predicted molar refractivity (Wildman–Crippen MR) is 164 cm³/mol. The van der Waals surface area contributed by atoms with Crippen molar-refractivity contribution in [3.05, 3.63) is 108 Å². The summed E-state index contributed by atoms with van der Waals surface area (Å²) in [6.07, 6.45) is -11.6. The van der Waals surface area contributed by atoms with Gasteiger partial charge in [0.15, 0.2) is 0 Å². The molecule has 0 spiro atoms. The van der Waals surface area contributed by atoms with E-state index in [1.807, 2.05) is 0 Å². The maximum absolute atomic E-state index is 12.4. The van der Waals surface area contributed by atoms with Gasteiger partial charge in [-0.25, -0.2) is 4.79 Å². The fourth-order valence-corrected chi connectivity index (χ4v) is 3.65. The number of nitro groups is 2. The number of benzene rings is 3. The van der Waals surface area contributed by atoms with Crippen LogP contribution in [0.25, 0.3) is 0 Å². The molecule has 3 aromatic carbocycles. The first kappa shape index (κ1) is 46.9. The summed E-state index contributed by atoms with van der Waals surface area (Å²) < 4.78 is 116. The molecule has 0 atom stereocenters. The molecule has 0 aliphatic carbocycles. The van der Waals surface area contributed by atoms with Crippen LogP contribution < -0.4 is 5.73 Å². The Morgan fingerprint density at radius 1 is 0.712 bits per heavy atom. The third kappa shape index (κ3) is 16.3. The van der Waals surface area contributed by atoms with E-state index in [1.54, 1.807) is 6.92 Å². The lowest BCUT2D eigenvalue weighted by molar-refractivity contribution is -0.385. The minimum atomic E-state index is -4.94. The lowest BCUT2D eigenvalue weighted by atomic mass is 10.1. The summed E-state index contributed by atoms with van der Waals surface area (Å²) in [6.45, 7) is 2.47. The first-order valence-corrected chi connectivity index (χ1v) is 14.2. The number of nitrogens with two attached hydrogens (primary N) is 1. The van der Waals surface area contributed by atoms with Crippen molar-refractivity contribution in [3.8, 4) is 0 Å². The number of aliphatic hydroxyl groups excluding tert-OH is 3. The lowest BCUT2D eigenvalue weighted by Gasteiger charge is -2.11. The highest BCUT2D eigenvalue weighted by molar-refractivity contribution is 5.90. The number of nitrogens with zero attached hydrogens (tertiary/aromatic N) is 2. The van der Waals surface area contributed by atoms with Gasteiger partial charge in [0.05, 0.1) is 45.3 Å². The number of carbonyl (C=O) groups is 1. The summed E-state index contributed by atoms with van der Waals surface area (Å²) in [6, 6.07) is 6.98. The van der Waals surface area contributed by atoms with Gasteiger partial charge in [-0.15, -0.1) is 0 Å². The van der Waals surface area contributed by atoms with E-state index in [0.29, 0.717) is 18.2 Å². The number of rotatable bonds is 5. The van der Waals surface area contributed by atoms with Crippen LogP contribution in [0.1, 0.15) is 57.9 Å². The molecule has 0 radical (unpaired) electrons. The largest absolute Gasteiger partial charge is 0.478 e. The molecule has 0 aromatic heterocycles. The average Bonchev–Trinajstić information content (AvgIpc) is 3.64. The van der Waals surface area contributed by atoms with E-state index in [2.05, 4.69) is 0 Å². The highest BCUT2D eigenvalue weighted by Gasteiger charge is 2.37. The molecule has 1 aliphatic rings. The zero-order chi connectivity index (χ0) is 40.4. The summed E-state index contributed by atoms with van der Waals surface area (Å²) in [5.41, 5.74) is -1.39. The number of aromatic carboxylic acids is 1. The molecule has 290 valence electrons. The van der Waals surface area contributed by atoms with Crippen LogP contribution in [0.4, 0.5) is 56.6 Å². The number of carboxylic acid groups (broad SMARTS) is 1. The van der Waals surface area contributed by atoms with E-state index in [4.69, 9.17) is 30.9 Å². The molecule has 0 bridgehead atoms. The Kier molecular flexibility index (Phi) is 19.3. The molecule has 3 aromatic rings. The smallest absolute Gasteiger partial charge is 0.417 e. The average molecular weight is 766 g/mol. The summed E-state index contributed by atoms with van der Waals surface area (Å²) in [5.74, 6) is -1.79. The van der Waals surface area contributed by atoms with Crippen LogP contribution >= 0.6 is 0 Å². The van der Waals surface area contributed by atoms with Crippen LogP contribution in [0.3, 0.4) is 0 Å². The number of aliphatic hydroxyl groups is 3. The Labute approximate surface area is 288 Å². The molecular formula is C30H32F9N3O10. The van der Waals surface area contributed by atoms with Gasteiger partial charge in [0.25, 0.3) is 11.4 Å². The third-order valence-corrected chi connectivity index (χ3v) is 5.97. The molecule has 1 aliphatic heterocycles. The van der Waals surface area contributed by atoms with Gasteiger partial charge in [-0.2, -0.15) is 39.5 Å². The number of alkyl halides is 9. The molecule has 1 fully saturated rings. The van der Waals surface area contributed by atoms with Crippen LogP contribution in [-0.2, 0) is 36.5 Å². The maximum atomic E-state index is 12.4. The summed E-state index contributed by atoms with van der Waals surface area (Å²) in [7, 11) is 0. The number of nitro benzene ring substituents is 2. The highest BCUT2D eigenvalue weighted by Crippen LogP contribution is 2.36. The van der Waals surface area contributed by atoms with Crippen molar-refractivity contribution >= 4 is 23.0 Å². The van der Waals surface area contributed by atoms with Gasteiger partial charge < -0.3 is 30.9 Å². The maximum Gasteiger partial charge on any atom is 0.417 e. The summed E-state index contributed by atoms with van der Waals surface area (Å²) in [5, 5.41) is 53.8. The molecule has 1 saturated heterocycles. The normalized spacial score (nSPS) is 12.3. The number of hydrogen-bond acceptors (Lipinski definition) is 10. The second-order valence-electron chi connectivity index (χ2n) is 9.75. The first-order valence-electron chi connectivity index (χ1n) is 14.2. The Bertz CT molecular complexity index is 1610. The molecule has 1 heterocycles. The van der Waals surface area contributed by atoms with Gasteiger partial charge in [-0.3, -0.25) is 20.2 Å². The standard InChI is InChI=1S/C8H4F3NO4.C8H6F3NO3.C8H8F3NO.C4H8O.C2H6O/c9-8(10,11)6-3-4(12(15)16)1-2-5(6)7(13)14;9-8(10,11)7-3-6(12(14)15)2-1-5(7)4-13;9-8(10,11)7-3-6(12)2-1-5(7)4-13;1-2-4-5-3-1;1-2-3/h1-3H,(H,13,14);1-3,13H,4H2;1-3,13H,4,12H2;1-4H2;3H,2H2,1H3. The van der Waals surface area contributed by atoms with Crippen molar-refractivity contribution in [3.63, 3.8) is 0 Å². The number of non-ortho nitro benzene ring substituents is 2. The van der Waals surface area contributed by atoms with Crippen molar-refractivity contribution in [2.24, 2.45) is 0 Å². The Balaban J connectivity index is 0.000000678. The number of hydrogen-bond donors (Lipinski definition) is 5. The fourth-order valence-electron chi connectivity index (χ4n) is 3.65. The Hall–Kier alpha value is -5.06. The van der Waals surface area contributed by atoms with E-state index in [0.717, 1.165) is 37.5 Å². The van der Waals surface area contributed by atoms with Crippen LogP contribution in [0.15, 0.2) is 54.6 Å². The first-order chi connectivity index (χ1) is 24.0. The molecule has 6 N–H and O–H groups in total. The number of anilines is 1. The van der Waals surface area contributed by atoms with E-state index < -0.39 is 81.2 Å². The molecule has 4 rings (SSSR count). The van der Waals surface area contributed by atoms with Gasteiger partial charge in [0.1, 0.15) is 0 Å². The monoisotopic (exact) mass is 765 g/mol. The van der Waals surface area contributed by atoms with Crippen LogP contribution in [0.2, 0.25) is 0 Å². The van der Waals surface area contributed by atoms with Gasteiger partial charge >= 0.3 is 24.5 Å². The molecular weight excluding hydrogens is 733 g/mol. The molecule has 0 saturated carbocycles. The van der Waals surface area contributed by atoms with Crippen LogP contribution in [0.5, 0.6) is 0 Å². The van der Waals surface area contributed by atoms with Crippen molar-refractivity contribution in [1.82, 2.24) is 0 Å². The molecule has 0 amide bonds. The molecule has 13 nitrogen and oxygen atoms in total. The Morgan fingerprint density at radius 3 is 1.40 bits per heavy atom. The second kappa shape index (κ2) is 21.3.